The van der Waals surface area contributed by atoms with Crippen molar-refractivity contribution in [2.24, 2.45) is 0 Å². The second-order valence-corrected chi connectivity index (χ2v) is 5.81. The van der Waals surface area contributed by atoms with Crippen LogP contribution in [-0.2, 0) is 0 Å². The van der Waals surface area contributed by atoms with Gasteiger partial charge in [0.15, 0.2) is 11.5 Å². The van der Waals surface area contributed by atoms with E-state index in [1.807, 2.05) is 24.3 Å². The third-order valence-corrected chi connectivity index (χ3v) is 3.61. The van der Waals surface area contributed by atoms with Crippen LogP contribution in [-0.4, -0.2) is 22.6 Å². The minimum atomic E-state index is -0.182. The Balaban J connectivity index is 1.89. The van der Waals surface area contributed by atoms with Gasteiger partial charge in [0.2, 0.25) is 0 Å². The Morgan fingerprint density at radius 3 is 2.50 bits per heavy atom. The molecule has 0 spiro atoms. The largest absolute Gasteiger partial charge is 0.351 e. The smallest absolute Gasteiger partial charge is 0.271 e. The van der Waals surface area contributed by atoms with Gasteiger partial charge in [-0.3, -0.25) is 4.79 Å². The van der Waals surface area contributed by atoms with Gasteiger partial charge >= 0.3 is 0 Å². The number of amides is 1. The van der Waals surface area contributed by atoms with Crippen LogP contribution in [0.1, 0.15) is 36.7 Å². The lowest BCUT2D eigenvalue weighted by Gasteiger charge is -2.06. The lowest BCUT2D eigenvalue weighted by atomic mass is 10.2. The summed E-state index contributed by atoms with van der Waals surface area (Å²) in [5.74, 6) is 0.420. The van der Waals surface area contributed by atoms with Crippen LogP contribution in [0.2, 0.25) is 0 Å². The fourth-order valence-electron chi connectivity index (χ4n) is 1.87. The Morgan fingerprint density at radius 2 is 1.86 bits per heavy atom. The molecule has 116 valence electrons. The molecule has 0 aliphatic carbocycles. The maximum absolute atomic E-state index is 11.9. The highest BCUT2D eigenvalue weighted by atomic mass is 79.9. The summed E-state index contributed by atoms with van der Waals surface area (Å²) in [6.45, 7) is 2.80. The number of nitrogens with one attached hydrogen (secondary N) is 2. The molecular formula is C16H19BrN4O. The van der Waals surface area contributed by atoms with Crippen LogP contribution in [0, 0.1) is 0 Å². The summed E-state index contributed by atoms with van der Waals surface area (Å²) >= 11 is 3.39. The summed E-state index contributed by atoms with van der Waals surface area (Å²) in [5.41, 5.74) is 1.24. The zero-order valence-electron chi connectivity index (χ0n) is 12.5. The monoisotopic (exact) mass is 362 g/mol. The first kappa shape index (κ1) is 16.4. The summed E-state index contributed by atoms with van der Waals surface area (Å²) in [5, 5.41) is 14.0. The van der Waals surface area contributed by atoms with Gasteiger partial charge in [0.05, 0.1) is 0 Å². The zero-order chi connectivity index (χ0) is 15.8. The quantitative estimate of drug-likeness (QED) is 0.732. The summed E-state index contributed by atoms with van der Waals surface area (Å²) in [6, 6.07) is 11.2. The first-order valence-corrected chi connectivity index (χ1v) is 8.13. The van der Waals surface area contributed by atoms with Gasteiger partial charge in [-0.05, 0) is 42.8 Å². The third-order valence-electron chi connectivity index (χ3n) is 3.08. The number of benzene rings is 1. The first-order chi connectivity index (χ1) is 10.7. The maximum Gasteiger partial charge on any atom is 0.271 e. The van der Waals surface area contributed by atoms with Gasteiger partial charge in [-0.15, -0.1) is 10.2 Å². The predicted molar refractivity (Wildman–Crippen MR) is 91.3 cm³/mol. The molecule has 0 unspecified atom stereocenters. The number of halogens is 1. The van der Waals surface area contributed by atoms with Crippen molar-refractivity contribution in [1.82, 2.24) is 15.5 Å². The molecule has 1 aromatic heterocycles. The van der Waals surface area contributed by atoms with E-state index in [-0.39, 0.29) is 5.91 Å². The van der Waals surface area contributed by atoms with Crippen molar-refractivity contribution < 1.29 is 4.79 Å². The van der Waals surface area contributed by atoms with Gasteiger partial charge < -0.3 is 10.6 Å². The lowest BCUT2D eigenvalue weighted by molar-refractivity contribution is 0.0947. The molecule has 0 saturated carbocycles. The minimum absolute atomic E-state index is 0.182. The number of rotatable bonds is 7. The average Bonchev–Trinajstić information content (AvgIpc) is 2.54. The molecule has 6 heteroatoms. The van der Waals surface area contributed by atoms with Crippen molar-refractivity contribution in [3.63, 3.8) is 0 Å². The Kier molecular flexibility index (Phi) is 6.33. The molecular weight excluding hydrogens is 344 g/mol. The Hall–Kier alpha value is -1.95. The Bertz CT molecular complexity index is 599. The van der Waals surface area contributed by atoms with Gasteiger partial charge in [-0.2, -0.15) is 0 Å². The average molecular weight is 363 g/mol. The molecule has 0 radical (unpaired) electrons. The number of carbonyl (C=O) groups is 1. The highest BCUT2D eigenvalue weighted by Crippen LogP contribution is 2.17. The van der Waals surface area contributed by atoms with E-state index in [9.17, 15) is 4.79 Å². The van der Waals surface area contributed by atoms with E-state index in [4.69, 9.17) is 0 Å². The van der Waals surface area contributed by atoms with E-state index >= 15 is 0 Å². The summed E-state index contributed by atoms with van der Waals surface area (Å²) in [4.78, 5) is 11.9. The fourth-order valence-corrected chi connectivity index (χ4v) is 2.13. The van der Waals surface area contributed by atoms with Crippen molar-refractivity contribution >= 4 is 33.3 Å². The number of aromatic nitrogens is 2. The number of unbranched alkanes of at least 4 members (excludes halogenated alkanes) is 2. The second kappa shape index (κ2) is 8.48. The molecule has 0 aliphatic rings. The normalized spacial score (nSPS) is 10.3. The number of hydrogen-bond donors (Lipinski definition) is 2. The molecule has 2 aromatic rings. The molecule has 1 aromatic carbocycles. The summed E-state index contributed by atoms with van der Waals surface area (Å²) in [6.07, 6.45) is 3.23. The van der Waals surface area contributed by atoms with Gasteiger partial charge in [0.1, 0.15) is 0 Å². The van der Waals surface area contributed by atoms with Crippen LogP contribution >= 0.6 is 15.9 Å². The maximum atomic E-state index is 11.9. The summed E-state index contributed by atoms with van der Waals surface area (Å²) < 4.78 is 1.01. The second-order valence-electron chi connectivity index (χ2n) is 4.90. The van der Waals surface area contributed by atoms with E-state index in [0.29, 0.717) is 18.1 Å². The third kappa shape index (κ3) is 5.11. The zero-order valence-corrected chi connectivity index (χ0v) is 14.1. The van der Waals surface area contributed by atoms with Gasteiger partial charge in [-0.1, -0.05) is 35.7 Å². The molecule has 0 bridgehead atoms. The van der Waals surface area contributed by atoms with E-state index in [1.54, 1.807) is 12.1 Å². The molecule has 22 heavy (non-hydrogen) atoms. The van der Waals surface area contributed by atoms with E-state index in [2.05, 4.69) is 43.7 Å². The Morgan fingerprint density at radius 1 is 1.09 bits per heavy atom. The topological polar surface area (TPSA) is 66.9 Å². The lowest BCUT2D eigenvalue weighted by Crippen LogP contribution is -2.25. The Labute approximate surface area is 138 Å². The molecule has 0 atom stereocenters. The van der Waals surface area contributed by atoms with Crippen LogP contribution in [0.5, 0.6) is 0 Å². The van der Waals surface area contributed by atoms with Gasteiger partial charge in [0.25, 0.3) is 5.91 Å². The number of anilines is 2. The minimum Gasteiger partial charge on any atom is -0.351 e. The van der Waals surface area contributed by atoms with Crippen molar-refractivity contribution in [3.05, 3.63) is 46.6 Å². The van der Waals surface area contributed by atoms with Crippen molar-refractivity contribution in [2.45, 2.75) is 26.2 Å². The van der Waals surface area contributed by atoms with Gasteiger partial charge in [0, 0.05) is 16.7 Å². The van der Waals surface area contributed by atoms with E-state index < -0.39 is 0 Å². The molecule has 0 fully saturated rings. The number of carbonyl (C=O) groups excluding carboxylic acids is 1. The molecule has 0 saturated heterocycles. The first-order valence-electron chi connectivity index (χ1n) is 7.33. The van der Waals surface area contributed by atoms with Crippen LogP contribution in [0.25, 0.3) is 0 Å². The van der Waals surface area contributed by atoms with E-state index in [1.165, 1.54) is 0 Å². The summed E-state index contributed by atoms with van der Waals surface area (Å²) in [7, 11) is 0. The van der Waals surface area contributed by atoms with Crippen LogP contribution < -0.4 is 10.6 Å². The van der Waals surface area contributed by atoms with Crippen LogP contribution in [0.3, 0.4) is 0 Å². The molecule has 1 amide bonds. The molecule has 1 heterocycles. The highest BCUT2D eigenvalue weighted by molar-refractivity contribution is 9.10. The van der Waals surface area contributed by atoms with E-state index in [0.717, 1.165) is 29.4 Å². The fraction of sp³-hybridized carbons (Fsp3) is 0.312. The standard InChI is InChI=1S/C16H19BrN4O/c1-2-3-4-11-18-16(22)14-9-10-15(21-20-14)19-13-7-5-12(17)6-8-13/h5-10H,2-4,11H2,1H3,(H,18,22)(H,19,21). The number of hydrogen-bond acceptors (Lipinski definition) is 4. The molecule has 5 nitrogen and oxygen atoms in total. The van der Waals surface area contributed by atoms with Gasteiger partial charge in [-0.25, -0.2) is 0 Å². The molecule has 2 N–H and O–H groups in total. The highest BCUT2D eigenvalue weighted by Gasteiger charge is 2.07. The van der Waals surface area contributed by atoms with Crippen LogP contribution in [0.4, 0.5) is 11.5 Å². The van der Waals surface area contributed by atoms with Crippen LogP contribution in [0.15, 0.2) is 40.9 Å². The van der Waals surface area contributed by atoms with Crippen molar-refractivity contribution in [2.75, 3.05) is 11.9 Å². The molecule has 2 rings (SSSR count). The number of nitrogens with zero attached hydrogens (tertiary/aromatic N) is 2. The van der Waals surface area contributed by atoms with Crippen molar-refractivity contribution in [1.29, 1.82) is 0 Å². The SMILES string of the molecule is CCCCCNC(=O)c1ccc(Nc2ccc(Br)cc2)nn1. The molecule has 0 aliphatic heterocycles. The van der Waals surface area contributed by atoms with Crippen molar-refractivity contribution in [3.8, 4) is 0 Å². The predicted octanol–water partition coefficient (Wildman–Crippen LogP) is 3.90.